The maximum Gasteiger partial charge on any atom is 0.416 e. The normalized spacial score (nSPS) is 18.2. The first kappa shape index (κ1) is 27.0. The quantitative estimate of drug-likeness (QED) is 0.340. The van der Waals surface area contributed by atoms with Gasteiger partial charge in [-0.2, -0.15) is 13.2 Å². The Hall–Kier alpha value is -4.64. The van der Waals surface area contributed by atoms with Gasteiger partial charge in [-0.05, 0) is 43.2 Å². The lowest BCUT2D eigenvalue weighted by molar-refractivity contribution is -0.773. The second-order valence-electron chi connectivity index (χ2n) is 8.21. The number of pyridine rings is 1. The molecule has 0 spiro atoms. The number of alkyl halides is 3. The van der Waals surface area contributed by atoms with Crippen molar-refractivity contribution in [3.05, 3.63) is 93.4 Å². The third-order valence-corrected chi connectivity index (χ3v) is 5.41. The van der Waals surface area contributed by atoms with Crippen LogP contribution in [0.15, 0.2) is 35.3 Å². The van der Waals surface area contributed by atoms with Crippen LogP contribution in [-0.2, 0) is 33.9 Å². The second kappa shape index (κ2) is 9.78. The molecule has 0 saturated heterocycles. The maximum atomic E-state index is 13.5. The highest BCUT2D eigenvalue weighted by Gasteiger charge is 2.49. The Bertz CT molecular complexity index is 1300. The van der Waals surface area contributed by atoms with E-state index in [4.69, 9.17) is 9.57 Å². The molecule has 1 aliphatic rings. The molecule has 0 fully saturated rings. The minimum atomic E-state index is -4.83. The summed E-state index contributed by atoms with van der Waals surface area (Å²) in [7, 11) is 0. The van der Waals surface area contributed by atoms with Crippen LogP contribution in [0.25, 0.3) is 0 Å². The van der Waals surface area contributed by atoms with Crippen LogP contribution in [0.3, 0.4) is 0 Å². The van der Waals surface area contributed by atoms with Crippen molar-refractivity contribution in [2.24, 2.45) is 0 Å². The van der Waals surface area contributed by atoms with Crippen LogP contribution in [0.2, 0.25) is 0 Å². The summed E-state index contributed by atoms with van der Waals surface area (Å²) in [6.45, 7) is 1.03. The SMILES string of the molecule is CC1(C)Oc2ccc(C(F)(F)F)cc2[C@@H](n2cc(CO[N+](=O)[O-])c(CO[N+](=O)[O-])cc2=O)[C@@H]1O[N+](=O)[O-]. The Kier molecular flexibility index (Phi) is 7.13. The van der Waals surface area contributed by atoms with Crippen molar-refractivity contribution in [2.45, 2.75) is 51.0 Å². The fourth-order valence-corrected chi connectivity index (χ4v) is 3.86. The summed E-state index contributed by atoms with van der Waals surface area (Å²) in [6, 6.07) is 1.50. The van der Waals surface area contributed by atoms with Crippen molar-refractivity contribution in [3.8, 4) is 5.75 Å². The number of rotatable bonds is 9. The van der Waals surface area contributed by atoms with Crippen molar-refractivity contribution >= 4 is 0 Å². The molecule has 0 aliphatic carbocycles. The van der Waals surface area contributed by atoms with Crippen LogP contribution >= 0.6 is 0 Å². The molecule has 0 amide bonds. The molecule has 15 nitrogen and oxygen atoms in total. The first-order chi connectivity index (χ1) is 17.1. The predicted molar refractivity (Wildman–Crippen MR) is 110 cm³/mol. The molecule has 0 N–H and O–H groups in total. The van der Waals surface area contributed by atoms with Gasteiger partial charge in [0.15, 0.2) is 6.10 Å². The molecule has 0 saturated carbocycles. The lowest BCUT2D eigenvalue weighted by Gasteiger charge is -2.44. The molecule has 2 aromatic rings. The Morgan fingerprint density at radius 2 is 1.59 bits per heavy atom. The van der Waals surface area contributed by atoms with Gasteiger partial charge < -0.3 is 23.8 Å². The highest BCUT2D eigenvalue weighted by Crippen LogP contribution is 2.45. The summed E-state index contributed by atoms with van der Waals surface area (Å²) < 4.78 is 46.8. The number of nitrogens with zero attached hydrogens (tertiary/aromatic N) is 4. The van der Waals surface area contributed by atoms with E-state index >= 15 is 0 Å². The van der Waals surface area contributed by atoms with Crippen molar-refractivity contribution < 1.29 is 47.7 Å². The molecule has 0 bridgehead atoms. The summed E-state index contributed by atoms with van der Waals surface area (Å²) in [5.41, 5.74) is -4.43. The minimum Gasteiger partial charge on any atom is -0.485 e. The lowest BCUT2D eigenvalue weighted by atomic mass is 9.85. The van der Waals surface area contributed by atoms with Gasteiger partial charge in [0.25, 0.3) is 20.8 Å². The summed E-state index contributed by atoms with van der Waals surface area (Å²) in [4.78, 5) is 59.0. The molecular weight excluding hydrogens is 517 g/mol. The van der Waals surface area contributed by atoms with Gasteiger partial charge in [0.05, 0.1) is 11.6 Å². The summed E-state index contributed by atoms with van der Waals surface area (Å²) in [5.74, 6) is -0.137. The zero-order chi connectivity index (χ0) is 27.7. The number of benzene rings is 1. The molecule has 2 atom stereocenters. The maximum absolute atomic E-state index is 13.5. The molecule has 1 aliphatic heterocycles. The van der Waals surface area contributed by atoms with Crippen LogP contribution in [0.4, 0.5) is 13.2 Å². The number of hydrogen-bond donors (Lipinski definition) is 0. The summed E-state index contributed by atoms with van der Waals surface area (Å²) >= 11 is 0. The third kappa shape index (κ3) is 5.96. The number of hydrogen-bond acceptors (Lipinski definition) is 11. The Balaban J connectivity index is 2.28. The smallest absolute Gasteiger partial charge is 0.416 e. The molecule has 37 heavy (non-hydrogen) atoms. The second-order valence-corrected chi connectivity index (χ2v) is 8.21. The average molecular weight is 534 g/mol. The summed E-state index contributed by atoms with van der Waals surface area (Å²) in [5, 5.41) is 29.0. The highest BCUT2D eigenvalue weighted by molar-refractivity contribution is 5.44. The van der Waals surface area contributed by atoms with E-state index in [2.05, 4.69) is 9.68 Å². The largest absolute Gasteiger partial charge is 0.485 e. The predicted octanol–water partition coefficient (Wildman–Crippen LogP) is 2.62. The van der Waals surface area contributed by atoms with E-state index in [0.29, 0.717) is 6.07 Å². The zero-order valence-electron chi connectivity index (χ0n) is 18.9. The van der Waals surface area contributed by atoms with Crippen LogP contribution < -0.4 is 10.3 Å². The molecule has 1 aromatic heterocycles. The molecule has 3 rings (SSSR count). The van der Waals surface area contributed by atoms with E-state index < -0.39 is 63.5 Å². The van der Waals surface area contributed by atoms with Crippen molar-refractivity contribution in [1.29, 1.82) is 0 Å². The van der Waals surface area contributed by atoms with E-state index in [1.165, 1.54) is 13.8 Å². The van der Waals surface area contributed by atoms with Gasteiger partial charge in [0, 0.05) is 17.8 Å². The Morgan fingerprint density at radius 3 is 2.14 bits per heavy atom. The zero-order valence-corrected chi connectivity index (χ0v) is 18.9. The summed E-state index contributed by atoms with van der Waals surface area (Å²) in [6.07, 6.45) is -5.61. The Morgan fingerprint density at radius 1 is 1.00 bits per heavy atom. The van der Waals surface area contributed by atoms with E-state index in [9.17, 15) is 48.3 Å². The fraction of sp³-hybridized carbons (Fsp3) is 0.421. The average Bonchev–Trinajstić information content (AvgIpc) is 2.76. The van der Waals surface area contributed by atoms with Crippen LogP contribution in [0.5, 0.6) is 5.75 Å². The van der Waals surface area contributed by atoms with E-state index in [-0.39, 0.29) is 22.4 Å². The van der Waals surface area contributed by atoms with Gasteiger partial charge >= 0.3 is 6.18 Å². The molecule has 2 heterocycles. The van der Waals surface area contributed by atoms with Gasteiger partial charge in [-0.1, -0.05) is 0 Å². The van der Waals surface area contributed by atoms with E-state index in [1.807, 2.05) is 0 Å². The number of aromatic nitrogens is 1. The van der Waals surface area contributed by atoms with Crippen molar-refractivity contribution in [1.82, 2.24) is 4.57 Å². The monoisotopic (exact) mass is 534 g/mol. The van der Waals surface area contributed by atoms with Crippen molar-refractivity contribution in [2.75, 3.05) is 0 Å². The molecule has 0 radical (unpaired) electrons. The molecule has 1 aromatic carbocycles. The van der Waals surface area contributed by atoms with Crippen LogP contribution in [0.1, 0.15) is 42.1 Å². The minimum absolute atomic E-state index is 0.137. The van der Waals surface area contributed by atoms with E-state index in [1.54, 1.807) is 0 Å². The first-order valence-corrected chi connectivity index (χ1v) is 10.1. The number of fused-ring (bicyclic) bond motifs is 1. The number of halogens is 3. The first-order valence-electron chi connectivity index (χ1n) is 10.1. The number of ether oxygens (including phenoxy) is 1. The van der Waals surface area contributed by atoms with Gasteiger partial charge in [-0.3, -0.25) is 4.79 Å². The van der Waals surface area contributed by atoms with Crippen LogP contribution in [0, 0.1) is 30.3 Å². The topological polar surface area (TPSA) is 188 Å². The highest BCUT2D eigenvalue weighted by atomic mass is 19.4. The molecular formula is C19H17F3N4O11. The van der Waals surface area contributed by atoms with Gasteiger partial charge in [-0.15, -0.1) is 30.3 Å². The van der Waals surface area contributed by atoms with Gasteiger partial charge in [-0.25, -0.2) is 0 Å². The van der Waals surface area contributed by atoms with Gasteiger partial charge in [0.2, 0.25) is 0 Å². The fourth-order valence-electron chi connectivity index (χ4n) is 3.86. The molecule has 200 valence electrons. The Labute approximate surface area is 203 Å². The standard InChI is InChI=1S/C19H17F3N4O11/c1-18(2)17(37-26(32)33)16(13-6-12(19(20,21)22)3-4-14(13)36-18)23-7-11(9-35-25(30)31)10(5-15(23)27)8-34-24(28)29/h3-7,16-17H,8-9H2,1-2H3/t16-,17+/m1/s1. The molecule has 18 heteroatoms. The molecule has 0 unspecified atom stereocenters. The van der Waals surface area contributed by atoms with E-state index in [0.717, 1.165) is 29.0 Å². The lowest BCUT2D eigenvalue weighted by Crippen LogP contribution is -2.54. The van der Waals surface area contributed by atoms with Gasteiger partial charge in [0.1, 0.15) is 24.6 Å². The van der Waals surface area contributed by atoms with Crippen LogP contribution in [-0.4, -0.2) is 31.5 Å². The third-order valence-electron chi connectivity index (χ3n) is 5.41. The van der Waals surface area contributed by atoms with Crippen molar-refractivity contribution in [3.63, 3.8) is 0 Å².